The summed E-state index contributed by atoms with van der Waals surface area (Å²) in [7, 11) is -0.511. The number of nitrogens with two attached hydrogens (primary N) is 1. The van der Waals surface area contributed by atoms with Crippen LogP contribution in [0.25, 0.3) is 0 Å². The van der Waals surface area contributed by atoms with E-state index < -0.39 is 10.0 Å². The summed E-state index contributed by atoms with van der Waals surface area (Å²) in [5.74, 6) is 0.268. The van der Waals surface area contributed by atoms with E-state index in [9.17, 15) is 13.2 Å². The molecule has 0 saturated carbocycles. The number of carbonyl (C=O) groups excluding carboxylic acids is 1. The molecule has 130 valence electrons. The van der Waals surface area contributed by atoms with Gasteiger partial charge in [0.05, 0.1) is 4.90 Å². The molecule has 0 aromatic heterocycles. The average Bonchev–Trinajstić information content (AvgIpc) is 2.87. The second-order valence-corrected chi connectivity index (χ2v) is 8.11. The van der Waals surface area contributed by atoms with Gasteiger partial charge >= 0.3 is 0 Å². The van der Waals surface area contributed by atoms with Gasteiger partial charge in [-0.3, -0.25) is 4.79 Å². The van der Waals surface area contributed by atoms with Crippen LogP contribution in [0.2, 0.25) is 0 Å². The minimum atomic E-state index is -3.47. The Labute approximate surface area is 144 Å². The van der Waals surface area contributed by atoms with Crippen molar-refractivity contribution in [1.82, 2.24) is 9.21 Å². The molecular weight excluding hydrogens is 338 g/mol. The lowest BCUT2D eigenvalue weighted by Gasteiger charge is -2.21. The van der Waals surface area contributed by atoms with Gasteiger partial charge in [-0.05, 0) is 50.1 Å². The second-order valence-electron chi connectivity index (χ2n) is 5.96. The van der Waals surface area contributed by atoms with Gasteiger partial charge in [-0.25, -0.2) is 12.7 Å². The molecule has 2 unspecified atom stereocenters. The van der Waals surface area contributed by atoms with Crippen molar-refractivity contribution in [2.45, 2.75) is 24.3 Å². The van der Waals surface area contributed by atoms with Crippen molar-refractivity contribution in [2.75, 3.05) is 27.2 Å². The highest BCUT2D eigenvalue weighted by Crippen LogP contribution is 2.24. The number of likely N-dealkylation sites (tertiary alicyclic amines) is 1. The number of sulfonamides is 1. The van der Waals surface area contributed by atoms with Gasteiger partial charge in [0, 0.05) is 32.2 Å². The van der Waals surface area contributed by atoms with Gasteiger partial charge in [0.2, 0.25) is 10.0 Å². The zero-order chi connectivity index (χ0) is 16.5. The van der Waals surface area contributed by atoms with Crippen LogP contribution in [0, 0.1) is 5.92 Å². The first-order valence-corrected chi connectivity index (χ1v) is 8.75. The van der Waals surface area contributed by atoms with E-state index in [-0.39, 0.29) is 29.3 Å². The zero-order valence-corrected chi connectivity index (χ0v) is 15.2. The summed E-state index contributed by atoms with van der Waals surface area (Å²) < 4.78 is 25.2. The fourth-order valence-electron chi connectivity index (χ4n) is 2.74. The summed E-state index contributed by atoms with van der Waals surface area (Å²) in [5, 5.41) is 0. The fraction of sp³-hybridized carbons (Fsp3) is 0.533. The predicted octanol–water partition coefficient (Wildman–Crippen LogP) is 1.17. The van der Waals surface area contributed by atoms with E-state index in [2.05, 4.69) is 0 Å². The van der Waals surface area contributed by atoms with Crippen molar-refractivity contribution in [3.8, 4) is 0 Å². The monoisotopic (exact) mass is 361 g/mol. The highest BCUT2D eigenvalue weighted by Gasteiger charge is 2.32. The van der Waals surface area contributed by atoms with Gasteiger partial charge in [-0.1, -0.05) is 0 Å². The molecule has 1 aliphatic heterocycles. The van der Waals surface area contributed by atoms with E-state index in [0.717, 1.165) is 10.7 Å². The van der Waals surface area contributed by atoms with Crippen molar-refractivity contribution in [2.24, 2.45) is 11.7 Å². The Kier molecular flexibility index (Phi) is 6.59. The van der Waals surface area contributed by atoms with Gasteiger partial charge < -0.3 is 10.6 Å². The smallest absolute Gasteiger partial charge is 0.254 e. The van der Waals surface area contributed by atoms with Crippen molar-refractivity contribution in [3.05, 3.63) is 29.8 Å². The third-order valence-corrected chi connectivity index (χ3v) is 5.96. The standard InChI is InChI=1S/C15H23N3O3S.ClH/c1-11-8-12(9-16)10-18(11)15(19)13-4-6-14(7-5-13)22(20,21)17(2)3;/h4-7,11-12H,8-10,16H2,1-3H3;1H. The van der Waals surface area contributed by atoms with Crippen LogP contribution in [0.1, 0.15) is 23.7 Å². The minimum Gasteiger partial charge on any atom is -0.336 e. The zero-order valence-electron chi connectivity index (χ0n) is 13.6. The van der Waals surface area contributed by atoms with Gasteiger partial charge in [-0.15, -0.1) is 12.4 Å². The van der Waals surface area contributed by atoms with Crippen LogP contribution in [-0.2, 0) is 10.0 Å². The molecular formula is C15H24ClN3O3S. The lowest BCUT2D eigenvalue weighted by Crippen LogP contribution is -2.34. The van der Waals surface area contributed by atoms with E-state index in [1.54, 1.807) is 12.1 Å². The normalized spacial score (nSPS) is 21.3. The summed E-state index contributed by atoms with van der Waals surface area (Å²) in [6.45, 7) is 3.25. The predicted molar refractivity (Wildman–Crippen MR) is 92.2 cm³/mol. The number of amides is 1. The molecule has 2 N–H and O–H groups in total. The highest BCUT2D eigenvalue weighted by molar-refractivity contribution is 7.89. The maximum atomic E-state index is 12.5. The van der Waals surface area contributed by atoms with Crippen molar-refractivity contribution in [3.63, 3.8) is 0 Å². The lowest BCUT2D eigenvalue weighted by molar-refractivity contribution is 0.0743. The summed E-state index contributed by atoms with van der Waals surface area (Å²) in [6.07, 6.45) is 0.912. The van der Waals surface area contributed by atoms with Crippen LogP contribution in [-0.4, -0.2) is 56.8 Å². The molecule has 2 rings (SSSR count). The van der Waals surface area contributed by atoms with Crippen LogP contribution >= 0.6 is 12.4 Å². The first-order valence-electron chi connectivity index (χ1n) is 7.31. The molecule has 0 radical (unpaired) electrons. The molecule has 1 aromatic rings. The Balaban J connectivity index is 0.00000264. The molecule has 1 aliphatic rings. The van der Waals surface area contributed by atoms with Crippen molar-refractivity contribution < 1.29 is 13.2 Å². The molecule has 1 saturated heterocycles. The third-order valence-electron chi connectivity index (χ3n) is 4.14. The van der Waals surface area contributed by atoms with E-state index >= 15 is 0 Å². The maximum absolute atomic E-state index is 12.5. The first-order chi connectivity index (χ1) is 10.3. The van der Waals surface area contributed by atoms with Gasteiger partial charge in [0.15, 0.2) is 0 Å². The number of halogens is 1. The first kappa shape index (κ1) is 19.9. The molecule has 1 heterocycles. The largest absolute Gasteiger partial charge is 0.336 e. The van der Waals surface area contributed by atoms with Crippen LogP contribution < -0.4 is 5.73 Å². The molecule has 0 spiro atoms. The van der Waals surface area contributed by atoms with Crippen molar-refractivity contribution in [1.29, 1.82) is 0 Å². The molecule has 1 amide bonds. The number of benzene rings is 1. The maximum Gasteiger partial charge on any atom is 0.254 e. The Bertz CT molecular complexity index is 646. The molecule has 1 fully saturated rings. The summed E-state index contributed by atoms with van der Waals surface area (Å²) >= 11 is 0. The Morgan fingerprint density at radius 1 is 1.30 bits per heavy atom. The molecule has 23 heavy (non-hydrogen) atoms. The summed E-state index contributed by atoms with van der Waals surface area (Å²) in [6, 6.07) is 6.25. The van der Waals surface area contributed by atoms with Crippen molar-refractivity contribution >= 4 is 28.3 Å². The Morgan fingerprint density at radius 2 is 1.87 bits per heavy atom. The lowest BCUT2D eigenvalue weighted by atomic mass is 10.1. The number of hydrogen-bond acceptors (Lipinski definition) is 4. The molecule has 2 atom stereocenters. The van der Waals surface area contributed by atoms with Crippen LogP contribution in [0.3, 0.4) is 0 Å². The summed E-state index contributed by atoms with van der Waals surface area (Å²) in [4.78, 5) is 14.5. The van der Waals surface area contributed by atoms with E-state index in [4.69, 9.17) is 5.73 Å². The number of rotatable bonds is 4. The molecule has 8 heteroatoms. The summed E-state index contributed by atoms with van der Waals surface area (Å²) in [5.41, 5.74) is 6.19. The molecule has 6 nitrogen and oxygen atoms in total. The van der Waals surface area contributed by atoms with Gasteiger partial charge in [-0.2, -0.15) is 0 Å². The Morgan fingerprint density at radius 3 is 2.30 bits per heavy atom. The van der Waals surface area contributed by atoms with Crippen LogP contribution in [0.4, 0.5) is 0 Å². The van der Waals surface area contributed by atoms with E-state index in [1.807, 2.05) is 11.8 Å². The minimum absolute atomic E-state index is 0. The quantitative estimate of drug-likeness (QED) is 0.872. The van der Waals surface area contributed by atoms with Crippen LogP contribution in [0.5, 0.6) is 0 Å². The van der Waals surface area contributed by atoms with E-state index in [1.165, 1.54) is 26.2 Å². The van der Waals surface area contributed by atoms with E-state index in [0.29, 0.717) is 24.6 Å². The molecule has 1 aromatic carbocycles. The second kappa shape index (κ2) is 7.61. The molecule has 0 aliphatic carbocycles. The van der Waals surface area contributed by atoms with Gasteiger partial charge in [0.1, 0.15) is 0 Å². The number of hydrogen-bond donors (Lipinski definition) is 1. The Hall–Kier alpha value is -1.15. The highest BCUT2D eigenvalue weighted by atomic mass is 35.5. The number of nitrogens with zero attached hydrogens (tertiary/aromatic N) is 2. The number of carbonyl (C=O) groups is 1. The van der Waals surface area contributed by atoms with Crippen LogP contribution in [0.15, 0.2) is 29.2 Å². The fourth-order valence-corrected chi connectivity index (χ4v) is 3.64. The SMILES string of the molecule is CC1CC(CN)CN1C(=O)c1ccc(S(=O)(=O)N(C)C)cc1.Cl. The topological polar surface area (TPSA) is 83.7 Å². The third kappa shape index (κ3) is 4.03. The van der Waals surface area contributed by atoms with Gasteiger partial charge in [0.25, 0.3) is 5.91 Å². The average molecular weight is 362 g/mol. The molecule has 0 bridgehead atoms.